The molecule has 11 aromatic rings. The zero-order valence-electron chi connectivity index (χ0n) is 27.7. The first kappa shape index (κ1) is 29.4. The summed E-state index contributed by atoms with van der Waals surface area (Å²) >= 11 is 0.165. The van der Waals surface area contributed by atoms with Crippen LogP contribution < -0.4 is 0 Å². The molecule has 0 unspecified atom stereocenters. The van der Waals surface area contributed by atoms with Crippen LogP contribution in [0.15, 0.2) is 168 Å². The van der Waals surface area contributed by atoms with Gasteiger partial charge in [-0.2, -0.15) is 0 Å². The fraction of sp³-hybridized carbons (Fsp3) is 0. The number of rotatable bonds is 4. The first-order chi connectivity index (χ1) is 25.7. The van der Waals surface area contributed by atoms with Crippen molar-refractivity contribution in [2.45, 2.75) is 0 Å². The summed E-state index contributed by atoms with van der Waals surface area (Å²) in [5.74, 6) is 1.88. The molecular weight excluding hydrogens is 701 g/mol. The van der Waals surface area contributed by atoms with Crippen molar-refractivity contribution in [2.24, 2.45) is 0 Å². The number of hydrogen-bond acceptors (Lipinski definition) is 4. The molecule has 0 atom stereocenters. The Morgan fingerprint density at radius 2 is 0.942 bits per heavy atom. The molecule has 3 heterocycles. The van der Waals surface area contributed by atoms with Crippen LogP contribution in [0.4, 0.5) is 0 Å². The van der Waals surface area contributed by atoms with E-state index in [9.17, 15) is 0 Å². The molecule has 3 aromatic heterocycles. The van der Waals surface area contributed by atoms with Crippen molar-refractivity contribution >= 4 is 77.3 Å². The molecule has 11 rings (SSSR count). The molecule has 0 N–H and O–H groups in total. The molecule has 0 bridgehead atoms. The Balaban J connectivity index is 1.09. The summed E-state index contributed by atoms with van der Waals surface area (Å²) in [5, 5.41) is 9.92. The first-order valence-electron chi connectivity index (χ1n) is 17.3. The van der Waals surface area contributed by atoms with E-state index in [1.54, 1.807) is 0 Å². The van der Waals surface area contributed by atoms with Crippen LogP contribution in [0.3, 0.4) is 0 Å². The molecule has 0 radical (unpaired) electrons. The Morgan fingerprint density at radius 3 is 1.75 bits per heavy atom. The predicted octanol–water partition coefficient (Wildman–Crippen LogP) is 12.1. The number of aromatic nitrogens is 3. The third kappa shape index (κ3) is 4.64. The standard InChI is InChI=1S/C47H27N3OSe/c1-3-10-28(11-4-1)35-15-9-16-38-39-25-20-29-18-19-31-26-32(21-23-34(31)42(29)44(39)52-43(35)38)46-48-45(30-12-5-2-6-13-30)49-47(50-46)33-22-24-37-36-14-7-8-17-40(36)51-41(37)27-33/h1-27H. The molecule has 8 aromatic carbocycles. The van der Waals surface area contributed by atoms with Gasteiger partial charge in [-0.25, -0.2) is 0 Å². The van der Waals surface area contributed by atoms with Crippen LogP contribution in [0.2, 0.25) is 0 Å². The number of hydrogen-bond donors (Lipinski definition) is 0. The summed E-state index contributed by atoms with van der Waals surface area (Å²) in [7, 11) is 0. The fourth-order valence-corrected chi connectivity index (χ4v) is 10.6. The van der Waals surface area contributed by atoms with Crippen LogP contribution in [0, 0.1) is 0 Å². The normalized spacial score (nSPS) is 11.8. The van der Waals surface area contributed by atoms with E-state index in [4.69, 9.17) is 19.4 Å². The van der Waals surface area contributed by atoms with Crippen LogP contribution in [0.25, 0.3) is 108 Å². The summed E-state index contributed by atoms with van der Waals surface area (Å²) in [6, 6.07) is 57.8. The van der Waals surface area contributed by atoms with Crippen LogP contribution in [0.5, 0.6) is 0 Å². The van der Waals surface area contributed by atoms with Crippen molar-refractivity contribution in [1.29, 1.82) is 0 Å². The zero-order chi connectivity index (χ0) is 34.2. The second-order valence-corrected chi connectivity index (χ2v) is 15.3. The Bertz CT molecular complexity index is 3180. The molecule has 0 aliphatic carbocycles. The van der Waals surface area contributed by atoms with Crippen LogP contribution >= 0.6 is 0 Å². The van der Waals surface area contributed by atoms with Crippen molar-refractivity contribution in [3.8, 4) is 45.3 Å². The summed E-state index contributed by atoms with van der Waals surface area (Å²) < 4.78 is 9.16. The van der Waals surface area contributed by atoms with Gasteiger partial charge in [0.15, 0.2) is 0 Å². The van der Waals surface area contributed by atoms with Gasteiger partial charge >= 0.3 is 255 Å². The molecule has 0 amide bonds. The summed E-state index contributed by atoms with van der Waals surface area (Å²) in [6.07, 6.45) is 0. The van der Waals surface area contributed by atoms with E-state index in [0.29, 0.717) is 17.5 Å². The molecule has 0 spiro atoms. The second-order valence-electron chi connectivity index (χ2n) is 13.2. The van der Waals surface area contributed by atoms with E-state index in [0.717, 1.165) is 38.6 Å². The van der Waals surface area contributed by atoms with E-state index in [2.05, 4.69) is 109 Å². The van der Waals surface area contributed by atoms with Gasteiger partial charge in [-0.3, -0.25) is 0 Å². The van der Waals surface area contributed by atoms with Crippen molar-refractivity contribution in [1.82, 2.24) is 15.0 Å². The van der Waals surface area contributed by atoms with Gasteiger partial charge < -0.3 is 4.42 Å². The molecule has 0 saturated carbocycles. The molecule has 52 heavy (non-hydrogen) atoms. The first-order valence-corrected chi connectivity index (χ1v) is 19.1. The van der Waals surface area contributed by atoms with Gasteiger partial charge in [0.1, 0.15) is 5.58 Å². The number of furan rings is 1. The average molecular weight is 729 g/mol. The molecule has 5 heteroatoms. The molecule has 4 nitrogen and oxygen atoms in total. The molecule has 0 aliphatic heterocycles. The second kappa shape index (κ2) is 11.6. The van der Waals surface area contributed by atoms with Gasteiger partial charge in [-0.05, 0) is 6.07 Å². The van der Waals surface area contributed by atoms with E-state index in [1.165, 1.54) is 52.0 Å². The van der Waals surface area contributed by atoms with Gasteiger partial charge in [-0.1, -0.05) is 24.3 Å². The van der Waals surface area contributed by atoms with Gasteiger partial charge in [-0.15, -0.1) is 0 Å². The van der Waals surface area contributed by atoms with Gasteiger partial charge in [0.05, 0.1) is 0 Å². The van der Waals surface area contributed by atoms with Crippen molar-refractivity contribution in [3.05, 3.63) is 164 Å². The Hall–Kier alpha value is -6.39. The monoisotopic (exact) mass is 729 g/mol. The van der Waals surface area contributed by atoms with Crippen molar-refractivity contribution in [3.63, 3.8) is 0 Å². The summed E-state index contributed by atoms with van der Waals surface area (Å²) in [6.45, 7) is 0. The van der Waals surface area contributed by atoms with E-state index < -0.39 is 0 Å². The Morgan fingerprint density at radius 1 is 0.365 bits per heavy atom. The fourth-order valence-electron chi connectivity index (χ4n) is 7.60. The summed E-state index contributed by atoms with van der Waals surface area (Å²) in [4.78, 5) is 15.1. The van der Waals surface area contributed by atoms with Gasteiger partial charge in [0.25, 0.3) is 0 Å². The SMILES string of the molecule is c1ccc(-c2nc(-c3ccc4c(ccc5ccc6c7cccc(-c8ccccc8)c7[se]c6c54)c3)nc(-c3ccc4c(c3)oc3ccccc34)n2)cc1. The third-order valence-electron chi connectivity index (χ3n) is 10.1. The molecule has 242 valence electrons. The minimum absolute atomic E-state index is 0.165. The van der Waals surface area contributed by atoms with E-state index in [-0.39, 0.29) is 14.5 Å². The Labute approximate surface area is 304 Å². The van der Waals surface area contributed by atoms with E-state index in [1.807, 2.05) is 54.6 Å². The third-order valence-corrected chi connectivity index (χ3v) is 12.8. The number of nitrogens with zero attached hydrogens (tertiary/aromatic N) is 3. The van der Waals surface area contributed by atoms with Crippen LogP contribution in [-0.4, -0.2) is 29.5 Å². The minimum atomic E-state index is 0.165. The Kier molecular flexibility index (Phi) is 6.53. The maximum atomic E-state index is 6.24. The predicted molar refractivity (Wildman–Crippen MR) is 216 cm³/mol. The number of fused-ring (bicyclic) bond motifs is 10. The number of para-hydroxylation sites is 1. The van der Waals surface area contributed by atoms with Crippen LogP contribution in [0.1, 0.15) is 0 Å². The molecular formula is C47H27N3OSe. The number of benzene rings is 8. The van der Waals surface area contributed by atoms with E-state index >= 15 is 0 Å². The zero-order valence-corrected chi connectivity index (χ0v) is 29.5. The van der Waals surface area contributed by atoms with Crippen LogP contribution in [-0.2, 0) is 0 Å². The van der Waals surface area contributed by atoms with Gasteiger partial charge in [0.2, 0.25) is 0 Å². The average Bonchev–Trinajstić information content (AvgIpc) is 3.79. The summed E-state index contributed by atoms with van der Waals surface area (Å²) in [5.41, 5.74) is 7.06. The quantitative estimate of drug-likeness (QED) is 0.134. The topological polar surface area (TPSA) is 51.8 Å². The van der Waals surface area contributed by atoms with Crippen molar-refractivity contribution < 1.29 is 4.42 Å². The van der Waals surface area contributed by atoms with Gasteiger partial charge in [0, 0.05) is 10.8 Å². The molecule has 0 saturated heterocycles. The maximum absolute atomic E-state index is 6.24. The van der Waals surface area contributed by atoms with Crippen molar-refractivity contribution in [2.75, 3.05) is 0 Å². The molecule has 0 fully saturated rings. The molecule has 0 aliphatic rings.